The molecule has 0 aliphatic carbocycles. The molecule has 0 amide bonds. The molecule has 1 heterocycles. The first kappa shape index (κ1) is 16.8. The van der Waals surface area contributed by atoms with Crippen LogP contribution in [0.1, 0.15) is 11.1 Å². The Morgan fingerprint density at radius 3 is 2.76 bits per heavy atom. The summed E-state index contributed by atoms with van der Waals surface area (Å²) in [5.74, 6) is 0.254. The van der Waals surface area contributed by atoms with Crippen LogP contribution in [0.25, 0.3) is 11.4 Å². The largest absolute Gasteiger partial charge is 0.507 e. The molecule has 0 atom stereocenters. The van der Waals surface area contributed by atoms with E-state index in [1.807, 2.05) is 12.1 Å². The summed E-state index contributed by atoms with van der Waals surface area (Å²) in [6, 6.07) is 11.3. The normalized spacial score (nSPS) is 11.1. The Bertz CT molecular complexity index is 989. The number of phenols is 1. The highest BCUT2D eigenvalue weighted by atomic mass is 32.1. The maximum absolute atomic E-state index is 13.1. The van der Waals surface area contributed by atoms with E-state index in [2.05, 4.69) is 21.9 Å². The third-order valence-corrected chi connectivity index (χ3v) is 3.84. The minimum Gasteiger partial charge on any atom is -0.507 e. The number of phenolic OH excluding ortho intramolecular Hbond substituents is 1. The quantitative estimate of drug-likeness (QED) is 0.412. The summed E-state index contributed by atoms with van der Waals surface area (Å²) in [5, 5.41) is 21.4. The molecule has 0 aliphatic rings. The molecule has 2 aromatic carbocycles. The molecule has 0 spiro atoms. The van der Waals surface area contributed by atoms with Gasteiger partial charge in [-0.3, -0.25) is 0 Å². The number of nitrogens with zero attached hydrogens (tertiary/aromatic N) is 3. The second-order valence-electron chi connectivity index (χ2n) is 5.26. The monoisotopic (exact) mass is 354 g/mol. The van der Waals surface area contributed by atoms with Gasteiger partial charge < -0.3 is 5.11 Å². The fourth-order valence-electron chi connectivity index (χ4n) is 2.34. The molecule has 0 fully saturated rings. The van der Waals surface area contributed by atoms with Crippen LogP contribution in [0.4, 0.5) is 4.39 Å². The van der Waals surface area contributed by atoms with Gasteiger partial charge in [0.15, 0.2) is 5.82 Å². The number of nitrogens with one attached hydrogen (secondary N) is 1. The Hall–Kier alpha value is -3.06. The van der Waals surface area contributed by atoms with E-state index in [-0.39, 0.29) is 16.3 Å². The number of aromatic amines is 1. The van der Waals surface area contributed by atoms with Crippen molar-refractivity contribution >= 4 is 18.4 Å². The van der Waals surface area contributed by atoms with Crippen LogP contribution in [0.2, 0.25) is 0 Å². The van der Waals surface area contributed by atoms with Crippen LogP contribution in [0.5, 0.6) is 5.75 Å². The van der Waals surface area contributed by atoms with Crippen molar-refractivity contribution in [1.82, 2.24) is 14.9 Å². The van der Waals surface area contributed by atoms with Crippen LogP contribution in [0.15, 0.2) is 60.2 Å². The van der Waals surface area contributed by atoms with Gasteiger partial charge in [-0.1, -0.05) is 18.2 Å². The van der Waals surface area contributed by atoms with Crippen molar-refractivity contribution in [3.8, 4) is 17.1 Å². The Morgan fingerprint density at radius 2 is 2.04 bits per heavy atom. The molecule has 0 unspecified atom stereocenters. The number of aromatic hydroxyl groups is 1. The molecule has 0 radical (unpaired) electrons. The number of aromatic nitrogens is 3. The van der Waals surface area contributed by atoms with Gasteiger partial charge in [-0.15, -0.1) is 6.58 Å². The standard InChI is InChI=1S/C18H15FN4OS/c1-2-4-12-5-3-6-14(16(12)24)11-20-23-17(21-22-18(23)25)13-7-9-15(19)10-8-13/h2-3,5-11,24H,1,4H2,(H,22,25)/b20-11+. The lowest BCUT2D eigenvalue weighted by molar-refractivity contribution is 0.469. The third-order valence-electron chi connectivity index (χ3n) is 3.58. The van der Waals surface area contributed by atoms with E-state index >= 15 is 0 Å². The van der Waals surface area contributed by atoms with E-state index in [1.54, 1.807) is 24.3 Å². The SMILES string of the molecule is C=CCc1cccc(/C=N/n2c(-c3ccc(F)cc3)n[nH]c2=S)c1O. The Kier molecular flexibility index (Phi) is 4.85. The topological polar surface area (TPSA) is 66.2 Å². The maximum Gasteiger partial charge on any atom is 0.216 e. The molecule has 0 bridgehead atoms. The van der Waals surface area contributed by atoms with Gasteiger partial charge in [0, 0.05) is 11.1 Å². The number of allylic oxidation sites excluding steroid dienone is 1. The summed E-state index contributed by atoms with van der Waals surface area (Å²) < 4.78 is 14.8. The molecule has 1 aromatic heterocycles. The first-order chi connectivity index (χ1) is 12.1. The van der Waals surface area contributed by atoms with Gasteiger partial charge in [-0.25, -0.2) is 9.49 Å². The van der Waals surface area contributed by atoms with Crippen molar-refractivity contribution < 1.29 is 9.50 Å². The third kappa shape index (κ3) is 3.56. The molecular weight excluding hydrogens is 339 g/mol. The highest BCUT2D eigenvalue weighted by Crippen LogP contribution is 2.22. The molecular formula is C18H15FN4OS. The number of hydrogen-bond acceptors (Lipinski definition) is 4. The molecule has 3 rings (SSSR count). The van der Waals surface area contributed by atoms with E-state index in [1.165, 1.54) is 23.0 Å². The van der Waals surface area contributed by atoms with E-state index in [9.17, 15) is 9.50 Å². The van der Waals surface area contributed by atoms with Gasteiger partial charge in [0.2, 0.25) is 4.77 Å². The van der Waals surface area contributed by atoms with E-state index < -0.39 is 0 Å². The van der Waals surface area contributed by atoms with Crippen LogP contribution in [-0.2, 0) is 6.42 Å². The Balaban J connectivity index is 1.99. The fourth-order valence-corrected chi connectivity index (χ4v) is 2.52. The van der Waals surface area contributed by atoms with E-state index in [0.29, 0.717) is 23.4 Å². The summed E-state index contributed by atoms with van der Waals surface area (Å²) in [7, 11) is 0. The second-order valence-corrected chi connectivity index (χ2v) is 5.65. The second kappa shape index (κ2) is 7.23. The van der Waals surface area contributed by atoms with Crippen LogP contribution in [-0.4, -0.2) is 26.2 Å². The minimum absolute atomic E-state index is 0.143. The van der Waals surface area contributed by atoms with Crippen LogP contribution in [0.3, 0.4) is 0 Å². The first-order valence-electron chi connectivity index (χ1n) is 7.49. The Labute approximate surface area is 148 Å². The lowest BCUT2D eigenvalue weighted by atomic mass is 10.1. The van der Waals surface area contributed by atoms with Crippen molar-refractivity contribution in [3.05, 3.63) is 76.8 Å². The van der Waals surface area contributed by atoms with Crippen LogP contribution >= 0.6 is 12.2 Å². The van der Waals surface area contributed by atoms with Crippen molar-refractivity contribution in [2.24, 2.45) is 5.10 Å². The van der Waals surface area contributed by atoms with E-state index in [0.717, 1.165) is 5.56 Å². The van der Waals surface area contributed by atoms with Gasteiger partial charge in [0.25, 0.3) is 0 Å². The maximum atomic E-state index is 13.1. The van der Waals surface area contributed by atoms with Crippen LogP contribution < -0.4 is 0 Å². The van der Waals surface area contributed by atoms with Crippen molar-refractivity contribution in [2.45, 2.75) is 6.42 Å². The zero-order valence-electron chi connectivity index (χ0n) is 13.2. The molecule has 25 heavy (non-hydrogen) atoms. The number of H-pyrrole nitrogens is 1. The highest BCUT2D eigenvalue weighted by Gasteiger charge is 2.09. The minimum atomic E-state index is -0.336. The predicted molar refractivity (Wildman–Crippen MR) is 97.8 cm³/mol. The van der Waals surface area contributed by atoms with Crippen LogP contribution in [0, 0.1) is 10.6 Å². The Morgan fingerprint density at radius 1 is 1.28 bits per heavy atom. The smallest absolute Gasteiger partial charge is 0.216 e. The molecule has 3 aromatic rings. The fraction of sp³-hybridized carbons (Fsp3) is 0.0556. The van der Waals surface area contributed by atoms with Crippen molar-refractivity contribution in [1.29, 1.82) is 0 Å². The number of hydrogen-bond donors (Lipinski definition) is 2. The van der Waals surface area contributed by atoms with Gasteiger partial charge in [0.1, 0.15) is 11.6 Å². The number of benzene rings is 2. The number of halogens is 1. The average molecular weight is 354 g/mol. The zero-order valence-corrected chi connectivity index (χ0v) is 14.0. The molecule has 2 N–H and O–H groups in total. The summed E-state index contributed by atoms with van der Waals surface area (Å²) >= 11 is 5.20. The molecule has 0 saturated heterocycles. The summed E-state index contributed by atoms with van der Waals surface area (Å²) in [5.41, 5.74) is 1.97. The molecule has 7 heteroatoms. The lowest BCUT2D eigenvalue weighted by Crippen LogP contribution is -1.96. The van der Waals surface area contributed by atoms with E-state index in [4.69, 9.17) is 12.2 Å². The molecule has 126 valence electrons. The van der Waals surface area contributed by atoms with Gasteiger partial charge in [-0.05, 0) is 54.5 Å². The summed E-state index contributed by atoms with van der Waals surface area (Å²) in [6.45, 7) is 3.67. The summed E-state index contributed by atoms with van der Waals surface area (Å²) in [6.07, 6.45) is 3.77. The van der Waals surface area contributed by atoms with Gasteiger partial charge in [0.05, 0.1) is 6.21 Å². The van der Waals surface area contributed by atoms with Crippen molar-refractivity contribution in [3.63, 3.8) is 0 Å². The highest BCUT2D eigenvalue weighted by molar-refractivity contribution is 7.71. The first-order valence-corrected chi connectivity index (χ1v) is 7.90. The molecule has 0 saturated carbocycles. The average Bonchev–Trinajstić information content (AvgIpc) is 2.97. The zero-order chi connectivity index (χ0) is 17.8. The van der Waals surface area contributed by atoms with Gasteiger partial charge in [-0.2, -0.15) is 14.9 Å². The number of rotatable bonds is 5. The number of para-hydroxylation sites is 1. The van der Waals surface area contributed by atoms with Crippen molar-refractivity contribution in [2.75, 3.05) is 0 Å². The molecule has 0 aliphatic heterocycles. The summed E-state index contributed by atoms with van der Waals surface area (Å²) in [4.78, 5) is 0. The molecule has 5 nitrogen and oxygen atoms in total. The lowest BCUT2D eigenvalue weighted by Gasteiger charge is -2.05. The van der Waals surface area contributed by atoms with Gasteiger partial charge >= 0.3 is 0 Å². The predicted octanol–water partition coefficient (Wildman–Crippen LogP) is 4.06.